The van der Waals surface area contributed by atoms with E-state index in [1.807, 2.05) is 24.3 Å². The fourth-order valence-corrected chi connectivity index (χ4v) is 3.83. The standard InChI is InChI=1S/C21H26N2O5/c1-22(13-14-8-9-17(27-2)18(12-14)28-3)19(24)10-11-23-20(25)15-6-4-5-7-16(15)21(23)26/h4-5,8-9,12,15-16H,6-7,10-11,13H2,1-3H3. The fraction of sp³-hybridized carbons (Fsp3) is 0.476. The lowest BCUT2D eigenvalue weighted by Gasteiger charge is -2.20. The van der Waals surface area contributed by atoms with Crippen LogP contribution in [0.4, 0.5) is 0 Å². The lowest BCUT2D eigenvalue weighted by Crippen LogP contribution is -2.36. The smallest absolute Gasteiger partial charge is 0.233 e. The van der Waals surface area contributed by atoms with E-state index in [0.29, 0.717) is 30.9 Å². The molecule has 1 aromatic carbocycles. The molecule has 2 atom stereocenters. The van der Waals surface area contributed by atoms with Gasteiger partial charge in [0.1, 0.15) is 0 Å². The molecule has 0 saturated carbocycles. The van der Waals surface area contributed by atoms with Crippen molar-refractivity contribution in [1.29, 1.82) is 0 Å². The number of imide groups is 1. The summed E-state index contributed by atoms with van der Waals surface area (Å²) in [6.07, 6.45) is 5.25. The minimum atomic E-state index is -0.253. The molecule has 1 aromatic rings. The molecule has 1 saturated heterocycles. The van der Waals surface area contributed by atoms with Crippen molar-refractivity contribution >= 4 is 17.7 Å². The van der Waals surface area contributed by atoms with Crippen molar-refractivity contribution in [1.82, 2.24) is 9.80 Å². The first-order chi connectivity index (χ1) is 13.5. The van der Waals surface area contributed by atoms with Gasteiger partial charge in [-0.1, -0.05) is 18.2 Å². The van der Waals surface area contributed by atoms with E-state index in [2.05, 4.69) is 0 Å². The third kappa shape index (κ3) is 3.88. The van der Waals surface area contributed by atoms with E-state index in [4.69, 9.17) is 9.47 Å². The molecule has 0 N–H and O–H groups in total. The van der Waals surface area contributed by atoms with Crippen molar-refractivity contribution in [3.8, 4) is 11.5 Å². The summed E-state index contributed by atoms with van der Waals surface area (Å²) in [6.45, 7) is 0.538. The van der Waals surface area contributed by atoms with Crippen LogP contribution in [0.5, 0.6) is 11.5 Å². The monoisotopic (exact) mass is 386 g/mol. The third-order valence-electron chi connectivity index (χ3n) is 5.44. The van der Waals surface area contributed by atoms with Gasteiger partial charge in [-0.2, -0.15) is 0 Å². The Balaban J connectivity index is 1.56. The lowest BCUT2D eigenvalue weighted by molar-refractivity contribution is -0.140. The highest BCUT2D eigenvalue weighted by atomic mass is 16.5. The van der Waals surface area contributed by atoms with E-state index in [9.17, 15) is 14.4 Å². The van der Waals surface area contributed by atoms with Crippen molar-refractivity contribution in [3.05, 3.63) is 35.9 Å². The number of ether oxygens (including phenoxy) is 2. The number of benzene rings is 1. The van der Waals surface area contributed by atoms with Crippen LogP contribution in [0.2, 0.25) is 0 Å². The van der Waals surface area contributed by atoms with Gasteiger partial charge in [-0.15, -0.1) is 0 Å². The van der Waals surface area contributed by atoms with E-state index < -0.39 is 0 Å². The Hall–Kier alpha value is -2.83. The molecule has 2 unspecified atom stereocenters. The first-order valence-corrected chi connectivity index (χ1v) is 9.41. The van der Waals surface area contributed by atoms with Crippen LogP contribution >= 0.6 is 0 Å². The molecule has 7 nitrogen and oxygen atoms in total. The SMILES string of the molecule is COc1ccc(CN(C)C(=O)CCN2C(=O)C3CC=CCC3C2=O)cc1OC. The maximum atomic E-state index is 12.5. The van der Waals surface area contributed by atoms with Crippen molar-refractivity contribution in [2.75, 3.05) is 27.8 Å². The topological polar surface area (TPSA) is 76.2 Å². The Morgan fingerprint density at radius 3 is 2.25 bits per heavy atom. The number of fused-ring (bicyclic) bond motifs is 1. The molecule has 0 spiro atoms. The van der Waals surface area contributed by atoms with Crippen LogP contribution in [-0.4, -0.2) is 55.3 Å². The summed E-state index contributed by atoms with van der Waals surface area (Å²) in [5, 5.41) is 0. The number of hydrogen-bond donors (Lipinski definition) is 0. The number of likely N-dealkylation sites (tertiary alicyclic amines) is 1. The van der Waals surface area contributed by atoms with Gasteiger partial charge in [0.05, 0.1) is 26.1 Å². The maximum absolute atomic E-state index is 12.5. The third-order valence-corrected chi connectivity index (χ3v) is 5.44. The first-order valence-electron chi connectivity index (χ1n) is 9.41. The molecular formula is C21H26N2O5. The van der Waals surface area contributed by atoms with Crippen molar-refractivity contribution in [2.24, 2.45) is 11.8 Å². The van der Waals surface area contributed by atoms with Gasteiger partial charge >= 0.3 is 0 Å². The van der Waals surface area contributed by atoms with Crippen molar-refractivity contribution in [2.45, 2.75) is 25.8 Å². The number of rotatable bonds is 7. The number of methoxy groups -OCH3 is 2. The highest BCUT2D eigenvalue weighted by Crippen LogP contribution is 2.35. The number of carbonyl (C=O) groups excluding carboxylic acids is 3. The summed E-state index contributed by atoms with van der Waals surface area (Å²) in [6, 6.07) is 5.49. The molecular weight excluding hydrogens is 360 g/mol. The van der Waals surface area contributed by atoms with E-state index in [1.54, 1.807) is 32.2 Å². The highest BCUT2D eigenvalue weighted by Gasteiger charge is 2.46. The number of allylic oxidation sites excluding steroid dienone is 2. The zero-order valence-electron chi connectivity index (χ0n) is 16.5. The molecule has 0 bridgehead atoms. The van der Waals surface area contributed by atoms with Gasteiger partial charge in [0, 0.05) is 26.6 Å². The molecule has 1 heterocycles. The number of hydrogen-bond acceptors (Lipinski definition) is 5. The lowest BCUT2D eigenvalue weighted by atomic mass is 9.85. The van der Waals surface area contributed by atoms with Gasteiger partial charge in [0.25, 0.3) is 0 Å². The number of nitrogens with zero attached hydrogens (tertiary/aromatic N) is 2. The summed E-state index contributed by atoms with van der Waals surface area (Å²) in [5.41, 5.74) is 0.902. The van der Waals surface area contributed by atoms with Gasteiger partial charge in [0.2, 0.25) is 17.7 Å². The van der Waals surface area contributed by atoms with Gasteiger partial charge < -0.3 is 14.4 Å². The zero-order chi connectivity index (χ0) is 20.3. The second-order valence-corrected chi connectivity index (χ2v) is 7.17. The first kappa shape index (κ1) is 19.9. The number of amides is 3. The zero-order valence-corrected chi connectivity index (χ0v) is 16.5. The summed E-state index contributed by atoms with van der Waals surface area (Å²) >= 11 is 0. The largest absolute Gasteiger partial charge is 0.493 e. The Bertz CT molecular complexity index is 778. The van der Waals surface area contributed by atoms with Crippen LogP contribution in [0.3, 0.4) is 0 Å². The molecule has 7 heteroatoms. The van der Waals surface area contributed by atoms with Crippen LogP contribution in [-0.2, 0) is 20.9 Å². The van der Waals surface area contributed by atoms with E-state index in [0.717, 1.165) is 5.56 Å². The van der Waals surface area contributed by atoms with E-state index in [-0.39, 0.29) is 42.5 Å². The van der Waals surface area contributed by atoms with Crippen LogP contribution in [0.15, 0.2) is 30.4 Å². The molecule has 2 aliphatic rings. The van der Waals surface area contributed by atoms with Gasteiger partial charge in [-0.05, 0) is 30.5 Å². The number of carbonyl (C=O) groups is 3. The Morgan fingerprint density at radius 1 is 1.07 bits per heavy atom. The minimum Gasteiger partial charge on any atom is -0.493 e. The summed E-state index contributed by atoms with van der Waals surface area (Å²) in [4.78, 5) is 40.3. The van der Waals surface area contributed by atoms with E-state index in [1.165, 1.54) is 4.90 Å². The van der Waals surface area contributed by atoms with Crippen molar-refractivity contribution < 1.29 is 23.9 Å². The Morgan fingerprint density at radius 2 is 1.68 bits per heavy atom. The predicted octanol–water partition coefficient (Wildman–Crippen LogP) is 2.00. The van der Waals surface area contributed by atoms with E-state index >= 15 is 0 Å². The van der Waals surface area contributed by atoms with Gasteiger partial charge in [-0.3, -0.25) is 19.3 Å². The van der Waals surface area contributed by atoms with Gasteiger partial charge in [-0.25, -0.2) is 0 Å². The second-order valence-electron chi connectivity index (χ2n) is 7.17. The van der Waals surface area contributed by atoms with Crippen LogP contribution in [0.1, 0.15) is 24.8 Å². The fourth-order valence-electron chi connectivity index (χ4n) is 3.83. The molecule has 1 aliphatic carbocycles. The second kappa shape index (κ2) is 8.46. The molecule has 28 heavy (non-hydrogen) atoms. The summed E-state index contributed by atoms with van der Waals surface area (Å²) in [5.74, 6) is 0.314. The normalized spacial score (nSPS) is 20.9. The van der Waals surface area contributed by atoms with Crippen molar-refractivity contribution in [3.63, 3.8) is 0 Å². The average Bonchev–Trinajstić information content (AvgIpc) is 2.96. The molecule has 1 aliphatic heterocycles. The quantitative estimate of drug-likeness (QED) is 0.529. The van der Waals surface area contributed by atoms with Crippen LogP contribution < -0.4 is 9.47 Å². The summed E-state index contributed by atoms with van der Waals surface area (Å²) in [7, 11) is 4.84. The molecule has 0 aromatic heterocycles. The Kier molecular flexibility index (Phi) is 6.02. The minimum absolute atomic E-state index is 0.119. The summed E-state index contributed by atoms with van der Waals surface area (Å²) < 4.78 is 10.5. The highest BCUT2D eigenvalue weighted by molar-refractivity contribution is 6.05. The predicted molar refractivity (Wildman–Crippen MR) is 103 cm³/mol. The van der Waals surface area contributed by atoms with Crippen LogP contribution in [0.25, 0.3) is 0 Å². The van der Waals surface area contributed by atoms with Crippen LogP contribution in [0, 0.1) is 11.8 Å². The molecule has 3 amide bonds. The molecule has 3 rings (SSSR count). The molecule has 0 radical (unpaired) electrons. The maximum Gasteiger partial charge on any atom is 0.233 e. The Labute approximate surface area is 164 Å². The molecule has 1 fully saturated rings. The average molecular weight is 386 g/mol. The van der Waals surface area contributed by atoms with Gasteiger partial charge in [0.15, 0.2) is 11.5 Å². The molecule has 150 valence electrons.